The summed E-state index contributed by atoms with van der Waals surface area (Å²) in [6.07, 6.45) is 8.13. The van der Waals surface area contributed by atoms with Crippen LogP contribution >= 0.6 is 0 Å². The summed E-state index contributed by atoms with van der Waals surface area (Å²) >= 11 is 0. The molecular weight excluding hydrogens is 374 g/mol. The highest BCUT2D eigenvalue weighted by molar-refractivity contribution is 5.94. The van der Waals surface area contributed by atoms with Crippen LogP contribution in [0.1, 0.15) is 41.6 Å². The van der Waals surface area contributed by atoms with Gasteiger partial charge in [0.05, 0.1) is 7.11 Å². The summed E-state index contributed by atoms with van der Waals surface area (Å²) in [7, 11) is 1.69. The zero-order chi connectivity index (χ0) is 20.6. The Kier molecular flexibility index (Phi) is 4.66. The Hall–Kier alpha value is -3.34. The molecule has 3 aromatic rings. The lowest BCUT2D eigenvalue weighted by atomic mass is 9.68. The van der Waals surface area contributed by atoms with E-state index in [2.05, 4.69) is 64.1 Å². The number of carbonyl (C=O) groups is 1. The quantitative estimate of drug-likeness (QED) is 0.653. The van der Waals surface area contributed by atoms with Gasteiger partial charge in [-0.25, -0.2) is 0 Å². The van der Waals surface area contributed by atoms with Crippen LogP contribution in [0.15, 0.2) is 60.7 Å². The summed E-state index contributed by atoms with van der Waals surface area (Å²) in [4.78, 5) is 12.4. The van der Waals surface area contributed by atoms with E-state index in [9.17, 15) is 4.79 Å². The Labute approximate surface area is 176 Å². The van der Waals surface area contributed by atoms with E-state index in [4.69, 9.17) is 4.74 Å². The van der Waals surface area contributed by atoms with Crippen LogP contribution in [0, 0.1) is 5.92 Å². The van der Waals surface area contributed by atoms with E-state index in [0.29, 0.717) is 5.82 Å². The highest BCUT2D eigenvalue weighted by Gasteiger charge is 2.37. The molecule has 1 heterocycles. The molecule has 152 valence electrons. The minimum atomic E-state index is -0.343. The van der Waals surface area contributed by atoms with Crippen molar-refractivity contribution in [2.75, 3.05) is 12.4 Å². The summed E-state index contributed by atoms with van der Waals surface area (Å²) in [6, 6.07) is 18.7. The predicted octanol–water partition coefficient (Wildman–Crippen LogP) is 4.71. The zero-order valence-corrected chi connectivity index (χ0v) is 17.0. The van der Waals surface area contributed by atoms with Gasteiger partial charge in [0.1, 0.15) is 5.75 Å². The van der Waals surface area contributed by atoms with Crippen molar-refractivity contribution < 1.29 is 9.53 Å². The fourth-order valence-corrected chi connectivity index (χ4v) is 4.45. The molecule has 1 fully saturated rings. The number of nitrogens with one attached hydrogen (secondary N) is 2. The number of hydrogen-bond donors (Lipinski definition) is 2. The van der Waals surface area contributed by atoms with Crippen LogP contribution in [-0.4, -0.2) is 23.2 Å². The molecule has 1 saturated carbocycles. The second-order valence-electron chi connectivity index (χ2n) is 8.16. The van der Waals surface area contributed by atoms with Crippen molar-refractivity contribution in [1.82, 2.24) is 10.2 Å². The first-order valence-electron chi connectivity index (χ1n) is 10.5. The average molecular weight is 399 g/mol. The maximum absolute atomic E-state index is 12.4. The molecule has 0 spiro atoms. The highest BCUT2D eigenvalue weighted by Crippen LogP contribution is 2.43. The number of allylic oxidation sites excluding steroid dienone is 1. The van der Waals surface area contributed by atoms with Gasteiger partial charge in [-0.1, -0.05) is 61.0 Å². The SMILES string of the molecule is COc1cccc(C2(c3ccccc3)C=Cc3c(NC(=O)C4CCC4)n[nH]c3C2)c1. The van der Waals surface area contributed by atoms with Crippen LogP contribution < -0.4 is 10.1 Å². The summed E-state index contributed by atoms with van der Waals surface area (Å²) in [5.74, 6) is 1.67. The van der Waals surface area contributed by atoms with E-state index in [1.54, 1.807) is 7.11 Å². The Bertz CT molecular complexity index is 1100. The molecule has 0 bridgehead atoms. The molecule has 0 radical (unpaired) electrons. The monoisotopic (exact) mass is 399 g/mol. The number of ether oxygens (including phenoxy) is 1. The molecule has 2 aliphatic carbocycles. The lowest BCUT2D eigenvalue weighted by molar-refractivity contribution is -0.122. The zero-order valence-electron chi connectivity index (χ0n) is 17.0. The van der Waals surface area contributed by atoms with Gasteiger partial charge in [0.15, 0.2) is 5.82 Å². The van der Waals surface area contributed by atoms with Gasteiger partial charge < -0.3 is 10.1 Å². The lowest BCUT2D eigenvalue weighted by Gasteiger charge is -2.34. The molecule has 1 aromatic heterocycles. The Balaban J connectivity index is 1.54. The molecule has 30 heavy (non-hydrogen) atoms. The van der Waals surface area contributed by atoms with Gasteiger partial charge in [-0.05, 0) is 36.1 Å². The number of fused-ring (bicyclic) bond motifs is 1. The Morgan fingerprint density at radius 1 is 1.13 bits per heavy atom. The number of rotatable bonds is 5. The Morgan fingerprint density at radius 3 is 2.67 bits per heavy atom. The molecule has 1 atom stereocenters. The predicted molar refractivity (Wildman–Crippen MR) is 118 cm³/mol. The van der Waals surface area contributed by atoms with Gasteiger partial charge in [-0.3, -0.25) is 9.89 Å². The molecule has 2 aliphatic rings. The standard InChI is InChI=1S/C25H25N3O2/c1-30-20-12-6-11-19(15-20)25(18-9-3-2-4-10-18)14-13-21-22(16-25)27-28-23(21)26-24(29)17-7-5-8-17/h2-4,6,9-15,17H,5,7-8,16H2,1H3,(H2,26,27,28,29). The second kappa shape index (κ2) is 7.48. The third kappa shape index (κ3) is 3.11. The maximum Gasteiger partial charge on any atom is 0.228 e. The van der Waals surface area contributed by atoms with Crippen molar-refractivity contribution in [3.8, 4) is 5.75 Å². The van der Waals surface area contributed by atoms with E-state index in [1.807, 2.05) is 18.2 Å². The van der Waals surface area contributed by atoms with Gasteiger partial charge in [0.25, 0.3) is 0 Å². The third-order valence-electron chi connectivity index (χ3n) is 6.46. The summed E-state index contributed by atoms with van der Waals surface area (Å²) in [5.41, 5.74) is 4.01. The average Bonchev–Trinajstić information content (AvgIpc) is 3.14. The van der Waals surface area contributed by atoms with E-state index >= 15 is 0 Å². The lowest BCUT2D eigenvalue weighted by Crippen LogP contribution is -2.31. The van der Waals surface area contributed by atoms with Crippen LogP contribution in [0.3, 0.4) is 0 Å². The van der Waals surface area contributed by atoms with Gasteiger partial charge >= 0.3 is 0 Å². The summed E-state index contributed by atoms with van der Waals surface area (Å²) in [6.45, 7) is 0. The third-order valence-corrected chi connectivity index (χ3v) is 6.46. The number of amides is 1. The van der Waals surface area contributed by atoms with Crippen LogP contribution in [0.4, 0.5) is 5.82 Å². The summed E-state index contributed by atoms with van der Waals surface area (Å²) < 4.78 is 5.49. The normalized spacial score (nSPS) is 20.3. The fraction of sp³-hybridized carbons (Fsp3) is 0.280. The number of anilines is 1. The fourth-order valence-electron chi connectivity index (χ4n) is 4.45. The van der Waals surface area contributed by atoms with Crippen molar-refractivity contribution >= 4 is 17.8 Å². The van der Waals surface area contributed by atoms with Crippen molar-refractivity contribution in [3.05, 3.63) is 83.1 Å². The van der Waals surface area contributed by atoms with E-state index in [1.165, 1.54) is 5.56 Å². The number of aromatic nitrogens is 2. The molecule has 5 nitrogen and oxygen atoms in total. The minimum Gasteiger partial charge on any atom is -0.497 e. The van der Waals surface area contributed by atoms with E-state index in [-0.39, 0.29) is 17.2 Å². The topological polar surface area (TPSA) is 67.0 Å². The Morgan fingerprint density at radius 2 is 1.93 bits per heavy atom. The first-order chi connectivity index (χ1) is 14.7. The number of aromatic amines is 1. The van der Waals surface area contributed by atoms with Gasteiger partial charge in [0.2, 0.25) is 5.91 Å². The molecule has 1 amide bonds. The number of carbonyl (C=O) groups excluding carboxylic acids is 1. The molecule has 0 saturated heterocycles. The van der Waals surface area contributed by atoms with Gasteiger partial charge in [-0.15, -0.1) is 0 Å². The van der Waals surface area contributed by atoms with E-state index < -0.39 is 0 Å². The molecule has 0 aliphatic heterocycles. The molecule has 1 unspecified atom stereocenters. The number of nitrogens with zero attached hydrogens (tertiary/aromatic N) is 1. The molecular formula is C25H25N3O2. The van der Waals surface area contributed by atoms with Crippen LogP contribution in [-0.2, 0) is 16.6 Å². The van der Waals surface area contributed by atoms with Crippen molar-refractivity contribution in [2.24, 2.45) is 5.92 Å². The molecule has 2 N–H and O–H groups in total. The second-order valence-corrected chi connectivity index (χ2v) is 8.16. The van der Waals surface area contributed by atoms with Crippen LogP contribution in [0.25, 0.3) is 6.08 Å². The maximum atomic E-state index is 12.4. The van der Waals surface area contributed by atoms with E-state index in [0.717, 1.165) is 48.3 Å². The van der Waals surface area contributed by atoms with Crippen molar-refractivity contribution in [1.29, 1.82) is 0 Å². The smallest absolute Gasteiger partial charge is 0.228 e. The number of benzene rings is 2. The van der Waals surface area contributed by atoms with Gasteiger partial charge in [0, 0.05) is 29.0 Å². The highest BCUT2D eigenvalue weighted by atomic mass is 16.5. The first-order valence-corrected chi connectivity index (χ1v) is 10.5. The minimum absolute atomic E-state index is 0.0802. The van der Waals surface area contributed by atoms with Crippen LogP contribution in [0.2, 0.25) is 0 Å². The number of methoxy groups -OCH3 is 1. The van der Waals surface area contributed by atoms with Crippen LogP contribution in [0.5, 0.6) is 5.75 Å². The number of hydrogen-bond acceptors (Lipinski definition) is 3. The van der Waals surface area contributed by atoms with Crippen molar-refractivity contribution in [2.45, 2.75) is 31.1 Å². The number of H-pyrrole nitrogens is 1. The summed E-state index contributed by atoms with van der Waals surface area (Å²) in [5, 5.41) is 10.6. The van der Waals surface area contributed by atoms with Crippen molar-refractivity contribution in [3.63, 3.8) is 0 Å². The largest absolute Gasteiger partial charge is 0.497 e. The molecule has 5 rings (SSSR count). The first kappa shape index (κ1) is 18.7. The molecule has 2 aromatic carbocycles. The van der Waals surface area contributed by atoms with Gasteiger partial charge in [-0.2, -0.15) is 5.10 Å². The molecule has 5 heteroatoms.